The summed E-state index contributed by atoms with van der Waals surface area (Å²) >= 11 is 0. The van der Waals surface area contributed by atoms with Gasteiger partial charge in [0.15, 0.2) is 5.75 Å². The number of nitrogens with one attached hydrogen (secondary N) is 2. The third-order valence-corrected chi connectivity index (χ3v) is 5.64. The van der Waals surface area contributed by atoms with Crippen LogP contribution in [0.5, 0.6) is 5.75 Å². The van der Waals surface area contributed by atoms with Gasteiger partial charge in [0.1, 0.15) is 6.04 Å². The summed E-state index contributed by atoms with van der Waals surface area (Å²) in [6.45, 7) is 1.41. The van der Waals surface area contributed by atoms with Gasteiger partial charge in [0.2, 0.25) is 10.0 Å². The zero-order chi connectivity index (χ0) is 19.4. The van der Waals surface area contributed by atoms with E-state index in [1.165, 1.54) is 19.1 Å². The van der Waals surface area contributed by atoms with Crippen molar-refractivity contribution in [3.05, 3.63) is 60.3 Å². The van der Waals surface area contributed by atoms with Crippen molar-refractivity contribution < 1.29 is 23.1 Å². The largest absolute Gasteiger partial charge is 0.423 e. The fraction of sp³-hybridized carbons (Fsp3) is 0.211. The van der Waals surface area contributed by atoms with E-state index in [9.17, 15) is 13.2 Å². The lowest BCUT2D eigenvalue weighted by Gasteiger charge is -2.13. The normalized spacial score (nSPS) is 12.8. The van der Waals surface area contributed by atoms with Gasteiger partial charge >= 0.3 is 5.97 Å². The highest BCUT2D eigenvalue weighted by Crippen LogP contribution is 2.25. The van der Waals surface area contributed by atoms with Gasteiger partial charge in [0.05, 0.1) is 4.90 Å². The highest BCUT2D eigenvalue weighted by Gasteiger charge is 2.24. The Balaban J connectivity index is 1.69. The van der Waals surface area contributed by atoms with Gasteiger partial charge in [-0.05, 0) is 43.2 Å². The van der Waals surface area contributed by atoms with E-state index in [0.717, 1.165) is 16.5 Å². The monoisotopic (exact) mass is 388 g/mol. The van der Waals surface area contributed by atoms with E-state index < -0.39 is 22.0 Å². The number of para-hydroxylation sites is 1. The predicted octanol–water partition coefficient (Wildman–Crippen LogP) is 1.98. The first-order valence-electron chi connectivity index (χ1n) is 8.40. The third kappa shape index (κ3) is 4.36. The van der Waals surface area contributed by atoms with Crippen LogP contribution in [0.4, 0.5) is 0 Å². The van der Waals surface area contributed by atoms with Crippen molar-refractivity contribution in [2.24, 2.45) is 0 Å². The smallest absolute Gasteiger partial charge is 0.329 e. The van der Waals surface area contributed by atoms with E-state index in [1.54, 1.807) is 24.4 Å². The molecular formula is C19H20N2O5S. The van der Waals surface area contributed by atoms with Crippen molar-refractivity contribution in [1.29, 1.82) is 0 Å². The number of aliphatic hydroxyl groups excluding tert-OH is 1. The van der Waals surface area contributed by atoms with Gasteiger partial charge in [-0.25, -0.2) is 13.2 Å². The summed E-state index contributed by atoms with van der Waals surface area (Å²) in [5.41, 5.74) is 1.64. The minimum atomic E-state index is -3.88. The molecule has 0 aliphatic heterocycles. The number of aromatic nitrogens is 1. The van der Waals surface area contributed by atoms with Crippen LogP contribution in [-0.4, -0.2) is 37.1 Å². The SMILES string of the molecule is C[C@H](NS(=O)(=O)c1ccc(CCO)cc1)C(=O)Oc1c[nH]c2ccccc12. The Kier molecular flexibility index (Phi) is 5.59. The van der Waals surface area contributed by atoms with E-state index in [4.69, 9.17) is 9.84 Å². The average Bonchev–Trinajstić information content (AvgIpc) is 3.05. The Morgan fingerprint density at radius 2 is 1.89 bits per heavy atom. The molecule has 3 rings (SSSR count). The molecule has 27 heavy (non-hydrogen) atoms. The summed E-state index contributed by atoms with van der Waals surface area (Å²) in [6.07, 6.45) is 2.00. The molecule has 1 atom stereocenters. The molecule has 0 radical (unpaired) electrons. The van der Waals surface area contributed by atoms with Crippen molar-refractivity contribution in [3.63, 3.8) is 0 Å². The van der Waals surface area contributed by atoms with E-state index in [0.29, 0.717) is 12.2 Å². The maximum absolute atomic E-state index is 12.5. The summed E-state index contributed by atoms with van der Waals surface area (Å²) in [4.78, 5) is 15.3. The Morgan fingerprint density at radius 3 is 2.59 bits per heavy atom. The van der Waals surface area contributed by atoms with Crippen LogP contribution in [-0.2, 0) is 21.2 Å². The van der Waals surface area contributed by atoms with E-state index in [2.05, 4.69) is 9.71 Å². The van der Waals surface area contributed by atoms with E-state index in [1.807, 2.05) is 18.2 Å². The Hall–Kier alpha value is -2.68. The van der Waals surface area contributed by atoms with Gasteiger partial charge in [-0.2, -0.15) is 4.72 Å². The van der Waals surface area contributed by atoms with Gasteiger partial charge in [-0.15, -0.1) is 0 Å². The molecule has 0 saturated heterocycles. The van der Waals surface area contributed by atoms with Gasteiger partial charge in [-0.1, -0.05) is 24.3 Å². The van der Waals surface area contributed by atoms with Crippen LogP contribution in [0.1, 0.15) is 12.5 Å². The van der Waals surface area contributed by atoms with Crippen molar-refractivity contribution >= 4 is 26.9 Å². The van der Waals surface area contributed by atoms with Crippen LogP contribution in [0.2, 0.25) is 0 Å². The standard InChI is InChI=1S/C19H20N2O5S/c1-13(19(23)26-18-12-20-17-5-3-2-4-16(17)18)21-27(24,25)15-8-6-14(7-9-15)10-11-22/h2-9,12-13,20-22H,10-11H2,1H3/t13-/m0/s1. The van der Waals surface area contributed by atoms with Gasteiger partial charge < -0.3 is 14.8 Å². The second-order valence-electron chi connectivity index (χ2n) is 6.08. The molecule has 0 amide bonds. The topological polar surface area (TPSA) is 108 Å². The summed E-state index contributed by atoms with van der Waals surface area (Å²) < 4.78 is 32.6. The summed E-state index contributed by atoms with van der Waals surface area (Å²) in [5, 5.41) is 9.65. The van der Waals surface area contributed by atoms with Gasteiger partial charge in [0, 0.05) is 23.7 Å². The molecule has 8 heteroatoms. The van der Waals surface area contributed by atoms with Gasteiger partial charge in [-0.3, -0.25) is 0 Å². The molecule has 3 N–H and O–H groups in total. The molecule has 2 aromatic carbocycles. The number of esters is 1. The maximum atomic E-state index is 12.5. The number of benzene rings is 2. The fourth-order valence-corrected chi connectivity index (χ4v) is 3.83. The number of fused-ring (bicyclic) bond motifs is 1. The Morgan fingerprint density at radius 1 is 1.19 bits per heavy atom. The number of carbonyl (C=O) groups is 1. The van der Waals surface area contributed by atoms with E-state index in [-0.39, 0.29) is 11.5 Å². The fourth-order valence-electron chi connectivity index (χ4n) is 2.64. The number of carbonyl (C=O) groups excluding carboxylic acids is 1. The minimum Gasteiger partial charge on any atom is -0.423 e. The first kappa shape index (κ1) is 19.1. The summed E-state index contributed by atoms with van der Waals surface area (Å²) in [6, 6.07) is 12.4. The number of aromatic amines is 1. The molecule has 142 valence electrons. The number of hydrogen-bond acceptors (Lipinski definition) is 5. The lowest BCUT2D eigenvalue weighted by Crippen LogP contribution is -2.40. The van der Waals surface area contributed by atoms with Crippen LogP contribution in [0, 0.1) is 0 Å². The predicted molar refractivity (Wildman–Crippen MR) is 101 cm³/mol. The second-order valence-corrected chi connectivity index (χ2v) is 7.79. The molecule has 1 aromatic heterocycles. The molecule has 0 unspecified atom stereocenters. The molecular weight excluding hydrogens is 368 g/mol. The highest BCUT2D eigenvalue weighted by atomic mass is 32.2. The lowest BCUT2D eigenvalue weighted by atomic mass is 10.2. The van der Waals surface area contributed by atoms with Crippen molar-refractivity contribution in [2.75, 3.05) is 6.61 Å². The van der Waals surface area contributed by atoms with Crippen molar-refractivity contribution in [2.45, 2.75) is 24.3 Å². The first-order chi connectivity index (χ1) is 12.9. The number of hydrogen-bond donors (Lipinski definition) is 3. The molecule has 0 bridgehead atoms. The van der Waals surface area contributed by atoms with Crippen molar-refractivity contribution in [1.82, 2.24) is 9.71 Å². The van der Waals surface area contributed by atoms with Crippen LogP contribution in [0.3, 0.4) is 0 Å². The molecule has 0 saturated carbocycles. The zero-order valence-corrected chi connectivity index (χ0v) is 15.5. The van der Waals surface area contributed by atoms with Gasteiger partial charge in [0.25, 0.3) is 0 Å². The van der Waals surface area contributed by atoms with Crippen LogP contribution in [0.25, 0.3) is 10.9 Å². The summed E-state index contributed by atoms with van der Waals surface area (Å²) in [7, 11) is -3.88. The highest BCUT2D eigenvalue weighted by molar-refractivity contribution is 7.89. The number of H-pyrrole nitrogens is 1. The lowest BCUT2D eigenvalue weighted by molar-refractivity contribution is -0.135. The molecule has 0 aliphatic carbocycles. The number of rotatable bonds is 7. The average molecular weight is 388 g/mol. The van der Waals surface area contributed by atoms with Crippen LogP contribution in [0.15, 0.2) is 59.6 Å². The zero-order valence-electron chi connectivity index (χ0n) is 14.7. The molecule has 3 aromatic rings. The minimum absolute atomic E-state index is 0.0128. The van der Waals surface area contributed by atoms with E-state index >= 15 is 0 Å². The second kappa shape index (κ2) is 7.91. The molecule has 1 heterocycles. The molecule has 7 nitrogen and oxygen atoms in total. The molecule has 0 aliphatic rings. The van der Waals surface area contributed by atoms with Crippen LogP contribution >= 0.6 is 0 Å². The van der Waals surface area contributed by atoms with Crippen LogP contribution < -0.4 is 9.46 Å². The molecule has 0 fully saturated rings. The maximum Gasteiger partial charge on any atom is 0.329 e. The van der Waals surface area contributed by atoms with Crippen molar-refractivity contribution in [3.8, 4) is 5.75 Å². The quantitative estimate of drug-likeness (QED) is 0.536. The number of sulfonamides is 1. The first-order valence-corrected chi connectivity index (χ1v) is 9.89. The number of aliphatic hydroxyl groups is 1. The summed E-state index contributed by atoms with van der Waals surface area (Å²) in [5.74, 6) is -0.366. The Labute approximate surface area is 157 Å². The third-order valence-electron chi connectivity index (χ3n) is 4.08. The molecule has 0 spiro atoms. The Bertz CT molecular complexity index is 1040. The number of ether oxygens (including phenoxy) is 1.